The maximum atomic E-state index is 11.7. The van der Waals surface area contributed by atoms with Gasteiger partial charge in [0, 0.05) is 20.6 Å². The number of guanidine groups is 1. The van der Waals surface area contributed by atoms with Crippen molar-refractivity contribution < 1.29 is 4.79 Å². The van der Waals surface area contributed by atoms with Gasteiger partial charge in [0.15, 0.2) is 5.96 Å². The molecule has 0 atom stereocenters. The number of hydrogen-bond acceptors (Lipinski definition) is 2. The molecule has 0 aliphatic heterocycles. The van der Waals surface area contributed by atoms with Gasteiger partial charge < -0.3 is 15.5 Å². The van der Waals surface area contributed by atoms with Gasteiger partial charge in [-0.3, -0.25) is 4.79 Å². The highest BCUT2D eigenvalue weighted by atomic mass is 127. The maximum Gasteiger partial charge on any atom is 0.241 e. The zero-order chi connectivity index (χ0) is 16.4. The summed E-state index contributed by atoms with van der Waals surface area (Å²) in [6.45, 7) is 7.20. The minimum absolute atomic E-state index is 0. The van der Waals surface area contributed by atoms with E-state index in [1.807, 2.05) is 12.1 Å². The molecule has 0 spiro atoms. The van der Waals surface area contributed by atoms with Crippen molar-refractivity contribution in [1.82, 2.24) is 15.5 Å². The van der Waals surface area contributed by atoms with E-state index in [0.717, 1.165) is 6.42 Å². The predicted molar refractivity (Wildman–Crippen MR) is 107 cm³/mol. The van der Waals surface area contributed by atoms with Gasteiger partial charge >= 0.3 is 0 Å². The fraction of sp³-hybridized carbons (Fsp3) is 0.412. The molecule has 128 valence electrons. The molecule has 1 aromatic rings. The number of aryl methyl sites for hydroxylation is 1. The second-order valence-corrected chi connectivity index (χ2v) is 5.10. The van der Waals surface area contributed by atoms with Crippen molar-refractivity contribution in [3.8, 4) is 0 Å². The Morgan fingerprint density at radius 1 is 1.26 bits per heavy atom. The lowest BCUT2D eigenvalue weighted by Gasteiger charge is -2.14. The zero-order valence-electron chi connectivity index (χ0n) is 14.1. The second-order valence-electron chi connectivity index (χ2n) is 5.10. The first-order valence-electron chi connectivity index (χ1n) is 7.48. The molecule has 0 radical (unpaired) electrons. The molecule has 5 nitrogen and oxygen atoms in total. The normalized spacial score (nSPS) is 10.5. The highest BCUT2D eigenvalue weighted by Crippen LogP contribution is 2.10. The van der Waals surface area contributed by atoms with E-state index in [1.165, 1.54) is 11.1 Å². The fourth-order valence-electron chi connectivity index (χ4n) is 1.88. The van der Waals surface area contributed by atoms with Gasteiger partial charge in [0.05, 0.1) is 13.1 Å². The van der Waals surface area contributed by atoms with Crippen molar-refractivity contribution in [1.29, 1.82) is 0 Å². The maximum absolute atomic E-state index is 11.7. The van der Waals surface area contributed by atoms with Gasteiger partial charge in [0.1, 0.15) is 0 Å². The van der Waals surface area contributed by atoms with Gasteiger partial charge in [-0.05, 0) is 17.5 Å². The van der Waals surface area contributed by atoms with E-state index in [0.29, 0.717) is 19.0 Å². The Balaban J connectivity index is 0.00000484. The molecule has 6 heteroatoms. The van der Waals surface area contributed by atoms with E-state index in [1.54, 1.807) is 25.1 Å². The molecule has 0 saturated heterocycles. The largest absolute Gasteiger partial charge is 0.353 e. The molecule has 23 heavy (non-hydrogen) atoms. The lowest BCUT2D eigenvalue weighted by Crippen LogP contribution is -2.43. The summed E-state index contributed by atoms with van der Waals surface area (Å²) in [6, 6.07) is 8.25. The third-order valence-corrected chi connectivity index (χ3v) is 3.23. The van der Waals surface area contributed by atoms with Crippen molar-refractivity contribution in [3.63, 3.8) is 0 Å². The summed E-state index contributed by atoms with van der Waals surface area (Å²) in [5.41, 5.74) is 2.49. The number of aliphatic imine (C=N–C) groups is 1. The van der Waals surface area contributed by atoms with Gasteiger partial charge in [-0.1, -0.05) is 37.3 Å². The zero-order valence-corrected chi connectivity index (χ0v) is 16.5. The number of likely N-dealkylation sites (N-methyl/N-ethyl adjacent to an activating group) is 1. The number of hydrogen-bond donors (Lipinski definition) is 2. The van der Waals surface area contributed by atoms with Crippen LogP contribution >= 0.6 is 24.0 Å². The molecule has 1 rings (SSSR count). The van der Waals surface area contributed by atoms with Crippen LogP contribution < -0.4 is 10.6 Å². The number of rotatable bonds is 7. The average Bonchev–Trinajstić information content (AvgIpc) is 2.53. The average molecular weight is 430 g/mol. The minimum atomic E-state index is 0. The molecular weight excluding hydrogens is 403 g/mol. The van der Waals surface area contributed by atoms with E-state index in [4.69, 9.17) is 0 Å². The van der Waals surface area contributed by atoms with E-state index in [9.17, 15) is 4.79 Å². The smallest absolute Gasteiger partial charge is 0.241 e. The number of carbonyl (C=O) groups is 1. The Morgan fingerprint density at radius 2 is 1.91 bits per heavy atom. The molecule has 0 unspecified atom stereocenters. The number of amides is 1. The van der Waals surface area contributed by atoms with Crippen LogP contribution in [0, 0.1) is 0 Å². The van der Waals surface area contributed by atoms with Crippen molar-refractivity contribution in [2.45, 2.75) is 19.9 Å². The first-order chi connectivity index (χ1) is 10.6. The highest BCUT2D eigenvalue weighted by molar-refractivity contribution is 14.0. The number of halogens is 1. The second kappa shape index (κ2) is 11.9. The molecule has 2 N–H and O–H groups in total. The third-order valence-electron chi connectivity index (χ3n) is 3.23. The number of carbonyl (C=O) groups excluding carboxylic acids is 1. The van der Waals surface area contributed by atoms with Crippen LogP contribution in [-0.4, -0.2) is 44.0 Å². The molecule has 1 aromatic carbocycles. The van der Waals surface area contributed by atoms with Crippen LogP contribution in [0.15, 0.2) is 41.9 Å². The fourth-order valence-corrected chi connectivity index (χ4v) is 1.88. The lowest BCUT2D eigenvalue weighted by atomic mass is 10.1. The van der Waals surface area contributed by atoms with Crippen molar-refractivity contribution in [3.05, 3.63) is 48.0 Å². The van der Waals surface area contributed by atoms with E-state index >= 15 is 0 Å². The number of nitrogens with zero attached hydrogens (tertiary/aromatic N) is 2. The molecule has 0 bridgehead atoms. The summed E-state index contributed by atoms with van der Waals surface area (Å²) >= 11 is 0. The summed E-state index contributed by atoms with van der Waals surface area (Å²) in [5, 5.41) is 6.16. The molecule has 0 aromatic heterocycles. The van der Waals surface area contributed by atoms with Gasteiger partial charge in [0.25, 0.3) is 0 Å². The quantitative estimate of drug-likeness (QED) is 0.302. The molecule has 1 amide bonds. The molecule has 0 heterocycles. The summed E-state index contributed by atoms with van der Waals surface area (Å²) in [6.07, 6.45) is 2.73. The Morgan fingerprint density at radius 3 is 2.48 bits per heavy atom. The van der Waals surface area contributed by atoms with E-state index in [2.05, 4.69) is 41.3 Å². The summed E-state index contributed by atoms with van der Waals surface area (Å²) in [5.74, 6) is 0.614. The molecular formula is C17H27IN4O. The van der Waals surface area contributed by atoms with E-state index in [-0.39, 0.29) is 36.4 Å². The van der Waals surface area contributed by atoms with Gasteiger partial charge in [-0.2, -0.15) is 0 Å². The van der Waals surface area contributed by atoms with Crippen molar-refractivity contribution in [2.75, 3.05) is 27.2 Å². The monoisotopic (exact) mass is 430 g/mol. The summed E-state index contributed by atoms with van der Waals surface area (Å²) in [7, 11) is 3.46. The Labute approximate surface area is 156 Å². The molecule has 0 aliphatic rings. The van der Waals surface area contributed by atoms with Gasteiger partial charge in [-0.25, -0.2) is 4.99 Å². The number of benzene rings is 1. The van der Waals surface area contributed by atoms with E-state index < -0.39 is 0 Å². The predicted octanol–water partition coefficient (Wildman–Crippen LogP) is 2.18. The standard InChI is InChI=1S/C17H26N4O.HI/c1-5-11-18-17(20-13-16(22)21(3)4)19-12-15-10-8-7-9-14(15)6-2;/h5,7-10H,1,6,11-13H2,2-4H3,(H2,18,19,20);1H. The van der Waals surface area contributed by atoms with Gasteiger partial charge in [-0.15, -0.1) is 30.6 Å². The Bertz CT molecular complexity index is 529. The Kier molecular flexibility index (Phi) is 11.1. The molecule has 0 aliphatic carbocycles. The van der Waals surface area contributed by atoms with Crippen molar-refractivity contribution >= 4 is 35.8 Å². The van der Waals surface area contributed by atoms with Crippen LogP contribution in [0.25, 0.3) is 0 Å². The SMILES string of the molecule is C=CCNC(=NCc1ccccc1CC)NCC(=O)N(C)C.I. The van der Waals surface area contributed by atoms with Crippen LogP contribution in [0.2, 0.25) is 0 Å². The molecule has 0 fully saturated rings. The van der Waals surface area contributed by atoms with Crippen LogP contribution in [0.4, 0.5) is 0 Å². The summed E-state index contributed by atoms with van der Waals surface area (Å²) < 4.78 is 0. The van der Waals surface area contributed by atoms with Crippen LogP contribution in [0.1, 0.15) is 18.1 Å². The first kappa shape index (κ1) is 21.4. The Hall–Kier alpha value is -1.57. The topological polar surface area (TPSA) is 56.7 Å². The highest BCUT2D eigenvalue weighted by Gasteiger charge is 2.06. The minimum Gasteiger partial charge on any atom is -0.353 e. The third kappa shape index (κ3) is 8.01. The van der Waals surface area contributed by atoms with Crippen LogP contribution in [0.3, 0.4) is 0 Å². The summed E-state index contributed by atoms with van der Waals surface area (Å²) in [4.78, 5) is 17.7. The van der Waals surface area contributed by atoms with Crippen LogP contribution in [0.5, 0.6) is 0 Å². The molecule has 0 saturated carbocycles. The van der Waals surface area contributed by atoms with Crippen molar-refractivity contribution in [2.24, 2.45) is 4.99 Å². The van der Waals surface area contributed by atoms with Gasteiger partial charge in [0.2, 0.25) is 5.91 Å². The number of nitrogens with one attached hydrogen (secondary N) is 2. The lowest BCUT2D eigenvalue weighted by molar-refractivity contribution is -0.127. The first-order valence-corrected chi connectivity index (χ1v) is 7.48. The van der Waals surface area contributed by atoms with Crippen LogP contribution in [-0.2, 0) is 17.8 Å².